The predicted octanol–water partition coefficient (Wildman–Crippen LogP) is 5.84. The Hall–Kier alpha value is -2.71. The molecular formula is C39H61N4O3+. The van der Waals surface area contributed by atoms with E-state index in [-0.39, 0.29) is 23.7 Å². The van der Waals surface area contributed by atoms with Gasteiger partial charge in [-0.15, -0.1) is 0 Å². The van der Waals surface area contributed by atoms with Crippen molar-refractivity contribution in [3.63, 3.8) is 0 Å². The van der Waals surface area contributed by atoms with Crippen LogP contribution in [0.25, 0.3) is 0 Å². The first kappa shape index (κ1) is 36.1. The molecule has 0 bridgehead atoms. The van der Waals surface area contributed by atoms with Crippen molar-refractivity contribution in [2.45, 2.75) is 51.6 Å². The number of hydrogen-bond donors (Lipinski definition) is 1. The summed E-state index contributed by atoms with van der Waals surface area (Å²) in [7, 11) is 8.69. The van der Waals surface area contributed by atoms with Crippen LogP contribution in [0.2, 0.25) is 0 Å². The van der Waals surface area contributed by atoms with E-state index in [0.29, 0.717) is 6.61 Å². The minimum absolute atomic E-state index is 0.121. The number of nitrogens with two attached hydrogens (primary N) is 1. The Bertz CT molecular complexity index is 1180. The maximum Gasteiger partial charge on any atom is 0.225 e. The van der Waals surface area contributed by atoms with Crippen molar-refractivity contribution in [2.75, 3.05) is 80.7 Å². The zero-order valence-corrected chi connectivity index (χ0v) is 29.1. The van der Waals surface area contributed by atoms with Crippen molar-refractivity contribution in [2.24, 2.45) is 28.9 Å². The van der Waals surface area contributed by atoms with E-state index in [2.05, 4.69) is 85.6 Å². The molecule has 0 radical (unpaired) electrons. The van der Waals surface area contributed by atoms with E-state index in [4.69, 9.17) is 15.2 Å². The summed E-state index contributed by atoms with van der Waals surface area (Å²) in [5.74, 6) is 1.36. The molecule has 1 aliphatic heterocycles. The van der Waals surface area contributed by atoms with E-state index in [1.165, 1.54) is 25.8 Å². The lowest BCUT2D eigenvalue weighted by atomic mass is 9.56. The number of primary amides is 1. The average molecular weight is 634 g/mol. The van der Waals surface area contributed by atoms with Crippen LogP contribution in [0.3, 0.4) is 0 Å². The van der Waals surface area contributed by atoms with E-state index in [1.807, 2.05) is 18.2 Å². The van der Waals surface area contributed by atoms with Gasteiger partial charge < -0.3 is 24.6 Å². The normalized spacial score (nSPS) is 22.8. The molecule has 1 aromatic rings. The van der Waals surface area contributed by atoms with Crippen LogP contribution in [0.1, 0.15) is 50.5 Å². The number of hydrogen-bond acceptors (Lipinski definition) is 5. The third-order valence-corrected chi connectivity index (χ3v) is 10.7. The second-order valence-electron chi connectivity index (χ2n) is 14.4. The molecule has 1 fully saturated rings. The molecule has 254 valence electrons. The largest absolute Gasteiger partial charge is 0.496 e. The third-order valence-electron chi connectivity index (χ3n) is 10.7. The first-order valence-corrected chi connectivity index (χ1v) is 17.7. The van der Waals surface area contributed by atoms with Gasteiger partial charge in [-0.05, 0) is 75.9 Å². The van der Waals surface area contributed by atoms with Crippen LogP contribution in [-0.2, 0) is 16.1 Å². The quantitative estimate of drug-likeness (QED) is 0.144. The molecule has 1 amide bonds. The Morgan fingerprint density at radius 2 is 1.67 bits per heavy atom. The predicted molar refractivity (Wildman–Crippen MR) is 189 cm³/mol. The molecule has 0 aromatic heterocycles. The number of amides is 1. The standard InChI is InChI=1S/C39H60N4O3/c1-41(27-29-43(2,3)28-15-5-6-16-30-46-32-33-17-13-14-22-37(33)45-4)25-26-42-24-23-36(31-42)39(38(40)44,34-18-9-7-10-19-34)35-20-11-8-12-21-35/h7-14,17-18,20,22,34-36H,5-6,15-16,19,21,23-32H2,1-4H3,(H-,40,44)/p+1. The molecule has 0 spiro atoms. The van der Waals surface area contributed by atoms with E-state index in [9.17, 15) is 4.79 Å². The van der Waals surface area contributed by atoms with Crippen LogP contribution >= 0.6 is 0 Å². The number of unbranched alkanes of at least 4 members (excludes halogenated alkanes) is 3. The molecule has 7 heteroatoms. The van der Waals surface area contributed by atoms with Crippen molar-refractivity contribution in [3.8, 4) is 5.75 Å². The molecule has 7 nitrogen and oxygen atoms in total. The van der Waals surface area contributed by atoms with Crippen LogP contribution in [-0.4, -0.2) is 101 Å². The molecular weight excluding hydrogens is 572 g/mol. The number of methoxy groups -OCH3 is 1. The first-order chi connectivity index (χ1) is 22.3. The van der Waals surface area contributed by atoms with Crippen LogP contribution in [0.4, 0.5) is 0 Å². The molecule has 46 heavy (non-hydrogen) atoms. The molecule has 3 unspecified atom stereocenters. The molecule has 1 aromatic carbocycles. The van der Waals surface area contributed by atoms with E-state index in [0.717, 1.165) is 87.4 Å². The van der Waals surface area contributed by atoms with E-state index >= 15 is 0 Å². The number of quaternary nitrogens is 1. The van der Waals surface area contributed by atoms with Gasteiger partial charge in [0.25, 0.3) is 0 Å². The zero-order valence-electron chi connectivity index (χ0n) is 29.1. The van der Waals surface area contributed by atoms with Crippen LogP contribution in [0.15, 0.2) is 72.9 Å². The fourth-order valence-electron chi connectivity index (χ4n) is 7.82. The Kier molecular flexibility index (Phi) is 14.1. The number of likely N-dealkylation sites (N-methyl/N-ethyl adjacent to an activating group) is 2. The molecule has 1 saturated heterocycles. The number of rotatable bonds is 20. The van der Waals surface area contributed by atoms with Crippen LogP contribution < -0.4 is 10.5 Å². The Labute approximate surface area is 279 Å². The summed E-state index contributed by atoms with van der Waals surface area (Å²) in [6.07, 6.45) is 24.9. The minimum Gasteiger partial charge on any atom is -0.496 e. The fourth-order valence-corrected chi connectivity index (χ4v) is 7.82. The molecule has 3 aliphatic rings. The lowest BCUT2D eigenvalue weighted by Crippen LogP contribution is -2.54. The van der Waals surface area contributed by atoms with Crippen LogP contribution in [0, 0.1) is 23.2 Å². The summed E-state index contributed by atoms with van der Waals surface area (Å²) < 4.78 is 12.4. The highest BCUT2D eigenvalue weighted by atomic mass is 16.5. The van der Waals surface area contributed by atoms with Gasteiger partial charge in [-0.25, -0.2) is 0 Å². The van der Waals surface area contributed by atoms with Crippen molar-refractivity contribution < 1.29 is 18.8 Å². The molecule has 1 heterocycles. The first-order valence-electron chi connectivity index (χ1n) is 17.7. The number of ether oxygens (including phenoxy) is 2. The lowest BCUT2D eigenvalue weighted by Gasteiger charge is -2.47. The molecule has 2 aliphatic carbocycles. The van der Waals surface area contributed by atoms with Gasteiger partial charge in [0.2, 0.25) is 5.91 Å². The van der Waals surface area contributed by atoms with Gasteiger partial charge in [0.1, 0.15) is 5.75 Å². The second kappa shape index (κ2) is 18.0. The maximum absolute atomic E-state index is 13.4. The highest BCUT2D eigenvalue weighted by Gasteiger charge is 2.54. The van der Waals surface area contributed by atoms with Gasteiger partial charge in [0, 0.05) is 38.3 Å². The number of benzene rings is 1. The summed E-state index contributed by atoms with van der Waals surface area (Å²) in [6, 6.07) is 8.07. The highest BCUT2D eigenvalue weighted by molar-refractivity contribution is 5.83. The maximum atomic E-state index is 13.4. The molecule has 4 rings (SSSR count). The van der Waals surface area contributed by atoms with Crippen molar-refractivity contribution in [1.29, 1.82) is 0 Å². The van der Waals surface area contributed by atoms with Crippen LogP contribution in [0.5, 0.6) is 5.75 Å². The number of para-hydroxylation sites is 1. The minimum atomic E-state index is -0.548. The molecule has 0 saturated carbocycles. The summed E-state index contributed by atoms with van der Waals surface area (Å²) in [4.78, 5) is 18.5. The summed E-state index contributed by atoms with van der Waals surface area (Å²) in [5.41, 5.74) is 6.93. The monoisotopic (exact) mass is 633 g/mol. The van der Waals surface area contributed by atoms with E-state index in [1.54, 1.807) is 7.11 Å². The number of allylic oxidation sites excluding steroid dienone is 8. The SMILES string of the molecule is COc1ccccc1COCCCCCC[N+](C)(C)CCN(C)CCN1CCC(C(C(N)=O)(C2C=CC=CC2)C2C=CC=CC2)C1. The number of nitrogens with zero attached hydrogens (tertiary/aromatic N) is 3. The number of carbonyl (C=O) groups excluding carboxylic acids is 1. The number of likely N-dealkylation sites (tertiary alicyclic amines) is 1. The van der Waals surface area contributed by atoms with Gasteiger partial charge >= 0.3 is 0 Å². The van der Waals surface area contributed by atoms with Crippen molar-refractivity contribution >= 4 is 5.91 Å². The van der Waals surface area contributed by atoms with Crippen molar-refractivity contribution in [1.82, 2.24) is 9.80 Å². The summed E-state index contributed by atoms with van der Waals surface area (Å²) in [6.45, 7) is 8.92. The average Bonchev–Trinajstić information content (AvgIpc) is 3.54. The second-order valence-corrected chi connectivity index (χ2v) is 14.4. The van der Waals surface area contributed by atoms with Gasteiger partial charge in [0.05, 0.1) is 46.3 Å². The van der Waals surface area contributed by atoms with Gasteiger partial charge in [0.15, 0.2) is 0 Å². The van der Waals surface area contributed by atoms with Gasteiger partial charge in [-0.3, -0.25) is 9.69 Å². The van der Waals surface area contributed by atoms with Gasteiger partial charge in [-0.1, -0.05) is 73.2 Å². The Balaban J connectivity index is 1.13. The van der Waals surface area contributed by atoms with Gasteiger partial charge in [-0.2, -0.15) is 0 Å². The topological polar surface area (TPSA) is 68.0 Å². The smallest absolute Gasteiger partial charge is 0.225 e. The molecule has 2 N–H and O–H groups in total. The summed E-state index contributed by atoms with van der Waals surface area (Å²) in [5, 5.41) is 0. The molecule has 3 atom stereocenters. The number of carbonyl (C=O) groups is 1. The fraction of sp³-hybridized carbons (Fsp3) is 0.615. The third kappa shape index (κ3) is 9.90. The summed E-state index contributed by atoms with van der Waals surface area (Å²) >= 11 is 0. The van der Waals surface area contributed by atoms with Crippen molar-refractivity contribution in [3.05, 3.63) is 78.4 Å². The van der Waals surface area contributed by atoms with E-state index < -0.39 is 5.41 Å². The Morgan fingerprint density at radius 3 is 2.33 bits per heavy atom. The zero-order chi connectivity index (χ0) is 32.8. The lowest BCUT2D eigenvalue weighted by molar-refractivity contribution is -0.890. The Morgan fingerprint density at radius 1 is 0.978 bits per heavy atom. The highest BCUT2D eigenvalue weighted by Crippen LogP contribution is 2.51.